The average molecular weight is 481 g/mol. The summed E-state index contributed by atoms with van der Waals surface area (Å²) in [5, 5.41) is 1.28. The molecule has 0 aliphatic heterocycles. The van der Waals surface area contributed by atoms with Gasteiger partial charge >= 0.3 is 0 Å². The van der Waals surface area contributed by atoms with Crippen LogP contribution in [0.3, 0.4) is 0 Å². The maximum absolute atomic E-state index is 13.8. The summed E-state index contributed by atoms with van der Waals surface area (Å²) in [5.74, 6) is 1.01. The Morgan fingerprint density at radius 2 is 1.73 bits per heavy atom. The van der Waals surface area contributed by atoms with Crippen molar-refractivity contribution in [3.05, 3.63) is 82.4 Å². The number of fused-ring (bicyclic) bond motifs is 1. The van der Waals surface area contributed by atoms with E-state index >= 15 is 0 Å². The van der Waals surface area contributed by atoms with Crippen molar-refractivity contribution in [2.75, 3.05) is 18.1 Å². The van der Waals surface area contributed by atoms with E-state index in [-0.39, 0.29) is 5.91 Å². The van der Waals surface area contributed by atoms with E-state index in [4.69, 9.17) is 26.1 Å². The quantitative estimate of drug-likeness (QED) is 0.275. The second-order valence-corrected chi connectivity index (χ2v) is 8.84. The highest BCUT2D eigenvalue weighted by molar-refractivity contribution is 7.22. The Labute approximate surface area is 202 Å². The van der Waals surface area contributed by atoms with Crippen LogP contribution in [0.25, 0.3) is 10.2 Å². The smallest absolute Gasteiger partial charge is 0.260 e. The molecule has 0 saturated carbocycles. The third-order valence-corrected chi connectivity index (χ3v) is 6.64. The minimum Gasteiger partial charge on any atom is -0.490 e. The van der Waals surface area contributed by atoms with Gasteiger partial charge in [0.1, 0.15) is 0 Å². The molecule has 0 radical (unpaired) electrons. The first-order valence-corrected chi connectivity index (χ1v) is 12.0. The van der Waals surface area contributed by atoms with Crippen molar-refractivity contribution >= 4 is 44.2 Å². The van der Waals surface area contributed by atoms with Crippen LogP contribution in [0.1, 0.15) is 35.3 Å². The van der Waals surface area contributed by atoms with Gasteiger partial charge in [0.2, 0.25) is 0 Å². The largest absolute Gasteiger partial charge is 0.490 e. The SMILES string of the molecule is CCOc1ccc(C(=O)N(Cc2ccccc2)c2nc3c(C)c(Cl)ccc3s2)cc1OCC. The minimum absolute atomic E-state index is 0.161. The number of ether oxygens (including phenoxy) is 2. The number of carbonyl (C=O) groups is 1. The molecule has 0 atom stereocenters. The Morgan fingerprint density at radius 1 is 1.00 bits per heavy atom. The van der Waals surface area contributed by atoms with Crippen molar-refractivity contribution < 1.29 is 14.3 Å². The molecule has 1 heterocycles. The predicted octanol–water partition coefficient (Wildman–Crippen LogP) is 6.90. The van der Waals surface area contributed by atoms with Gasteiger partial charge in [0, 0.05) is 10.6 Å². The van der Waals surface area contributed by atoms with Crippen molar-refractivity contribution in [1.82, 2.24) is 4.98 Å². The summed E-state index contributed by atoms with van der Waals surface area (Å²) >= 11 is 7.79. The van der Waals surface area contributed by atoms with Gasteiger partial charge in [-0.1, -0.05) is 53.3 Å². The molecule has 1 aromatic heterocycles. The summed E-state index contributed by atoms with van der Waals surface area (Å²) in [5.41, 5.74) is 3.24. The number of aryl methyl sites for hydroxylation is 1. The first kappa shape index (κ1) is 23.1. The number of nitrogens with zero attached hydrogens (tertiary/aromatic N) is 2. The highest BCUT2D eigenvalue weighted by Crippen LogP contribution is 2.36. The summed E-state index contributed by atoms with van der Waals surface area (Å²) in [4.78, 5) is 20.3. The first-order valence-electron chi connectivity index (χ1n) is 10.8. The molecule has 33 heavy (non-hydrogen) atoms. The molecule has 0 aliphatic rings. The summed E-state index contributed by atoms with van der Waals surface area (Å²) in [7, 11) is 0. The summed E-state index contributed by atoms with van der Waals surface area (Å²) in [6.45, 7) is 7.14. The van der Waals surface area contributed by atoms with Gasteiger partial charge in [-0.25, -0.2) is 4.98 Å². The molecule has 0 aliphatic carbocycles. The number of benzene rings is 3. The van der Waals surface area contributed by atoms with Gasteiger partial charge in [-0.05, 0) is 62.2 Å². The molecule has 7 heteroatoms. The molecular weight excluding hydrogens is 456 g/mol. The minimum atomic E-state index is -0.161. The van der Waals surface area contributed by atoms with Gasteiger partial charge in [-0.3, -0.25) is 9.69 Å². The number of hydrogen-bond donors (Lipinski definition) is 0. The zero-order chi connectivity index (χ0) is 23.4. The molecule has 4 aromatic rings. The number of rotatable bonds is 8. The highest BCUT2D eigenvalue weighted by atomic mass is 35.5. The Kier molecular flexibility index (Phi) is 7.16. The van der Waals surface area contributed by atoms with Crippen molar-refractivity contribution in [3.8, 4) is 11.5 Å². The zero-order valence-electron chi connectivity index (χ0n) is 18.8. The molecule has 170 valence electrons. The third-order valence-electron chi connectivity index (χ3n) is 5.19. The Bertz CT molecular complexity index is 1270. The molecule has 0 unspecified atom stereocenters. The summed E-state index contributed by atoms with van der Waals surface area (Å²) < 4.78 is 12.4. The van der Waals surface area contributed by atoms with Gasteiger partial charge in [0.05, 0.1) is 30.0 Å². The van der Waals surface area contributed by atoms with Crippen molar-refractivity contribution in [3.63, 3.8) is 0 Å². The van der Waals surface area contributed by atoms with Gasteiger partial charge in [-0.2, -0.15) is 0 Å². The van der Waals surface area contributed by atoms with Crippen LogP contribution in [0.2, 0.25) is 5.02 Å². The molecule has 0 spiro atoms. The lowest BCUT2D eigenvalue weighted by Crippen LogP contribution is -2.30. The molecule has 0 N–H and O–H groups in total. The van der Waals surface area contributed by atoms with Crippen LogP contribution in [0, 0.1) is 6.92 Å². The van der Waals surface area contributed by atoms with Crippen LogP contribution in [-0.4, -0.2) is 24.1 Å². The fourth-order valence-corrected chi connectivity index (χ4v) is 4.71. The topological polar surface area (TPSA) is 51.7 Å². The zero-order valence-corrected chi connectivity index (χ0v) is 20.4. The second-order valence-electron chi connectivity index (χ2n) is 7.42. The fourth-order valence-electron chi connectivity index (χ4n) is 3.54. The van der Waals surface area contributed by atoms with Crippen molar-refractivity contribution in [2.24, 2.45) is 0 Å². The van der Waals surface area contributed by atoms with Gasteiger partial charge in [0.15, 0.2) is 16.6 Å². The average Bonchev–Trinajstić information content (AvgIpc) is 3.26. The number of aromatic nitrogens is 1. The number of amides is 1. The second kappa shape index (κ2) is 10.2. The van der Waals surface area contributed by atoms with E-state index in [1.54, 1.807) is 23.1 Å². The van der Waals surface area contributed by atoms with E-state index in [0.717, 1.165) is 21.3 Å². The predicted molar refractivity (Wildman–Crippen MR) is 135 cm³/mol. The normalized spacial score (nSPS) is 10.9. The maximum atomic E-state index is 13.8. The highest BCUT2D eigenvalue weighted by Gasteiger charge is 2.24. The van der Waals surface area contributed by atoms with E-state index in [1.165, 1.54) is 11.3 Å². The van der Waals surface area contributed by atoms with E-state index in [2.05, 4.69) is 0 Å². The van der Waals surface area contributed by atoms with Crippen LogP contribution in [-0.2, 0) is 6.54 Å². The van der Waals surface area contributed by atoms with Gasteiger partial charge in [-0.15, -0.1) is 0 Å². The summed E-state index contributed by atoms with van der Waals surface area (Å²) in [6.07, 6.45) is 0. The van der Waals surface area contributed by atoms with Crippen molar-refractivity contribution in [1.29, 1.82) is 0 Å². The molecule has 5 nitrogen and oxygen atoms in total. The van der Waals surface area contributed by atoms with Gasteiger partial charge < -0.3 is 9.47 Å². The Morgan fingerprint density at radius 3 is 2.45 bits per heavy atom. The Balaban J connectivity index is 1.77. The number of halogens is 1. The van der Waals surface area contributed by atoms with Crippen LogP contribution < -0.4 is 14.4 Å². The fraction of sp³-hybridized carbons (Fsp3) is 0.231. The monoisotopic (exact) mass is 480 g/mol. The van der Waals surface area contributed by atoms with Gasteiger partial charge in [0.25, 0.3) is 5.91 Å². The number of anilines is 1. The van der Waals surface area contributed by atoms with Crippen molar-refractivity contribution in [2.45, 2.75) is 27.3 Å². The third kappa shape index (κ3) is 4.97. The van der Waals surface area contributed by atoms with Crippen LogP contribution >= 0.6 is 22.9 Å². The Hall–Kier alpha value is -3.09. The molecule has 4 rings (SSSR count). The number of hydrogen-bond acceptors (Lipinski definition) is 5. The first-order chi connectivity index (χ1) is 16.0. The van der Waals surface area contributed by atoms with Crippen LogP contribution in [0.4, 0.5) is 5.13 Å². The molecule has 3 aromatic carbocycles. The van der Waals surface area contributed by atoms with E-state index in [1.807, 2.05) is 63.2 Å². The maximum Gasteiger partial charge on any atom is 0.260 e. The molecule has 0 bridgehead atoms. The van der Waals surface area contributed by atoms with E-state index in [9.17, 15) is 4.79 Å². The molecule has 0 fully saturated rings. The summed E-state index contributed by atoms with van der Waals surface area (Å²) in [6, 6.07) is 19.0. The number of thiazole rings is 1. The lowest BCUT2D eigenvalue weighted by atomic mass is 10.1. The standard InChI is InChI=1S/C26H25ClN2O3S/c1-4-31-21-13-11-19(15-22(21)32-5-2)25(30)29(16-18-9-7-6-8-10-18)26-28-24-17(3)20(27)12-14-23(24)33-26/h6-15H,4-5,16H2,1-3H3. The lowest BCUT2D eigenvalue weighted by Gasteiger charge is -2.21. The lowest BCUT2D eigenvalue weighted by molar-refractivity contribution is 0.0984. The van der Waals surface area contributed by atoms with Crippen LogP contribution in [0.5, 0.6) is 11.5 Å². The molecule has 0 saturated heterocycles. The van der Waals surface area contributed by atoms with E-state index in [0.29, 0.717) is 47.0 Å². The van der Waals surface area contributed by atoms with Crippen LogP contribution in [0.15, 0.2) is 60.7 Å². The molecule has 1 amide bonds. The number of carbonyl (C=O) groups excluding carboxylic acids is 1. The molecular formula is C26H25ClN2O3S. The van der Waals surface area contributed by atoms with E-state index < -0.39 is 0 Å².